The van der Waals surface area contributed by atoms with Crippen molar-refractivity contribution in [2.75, 3.05) is 6.61 Å². The van der Waals surface area contributed by atoms with Gasteiger partial charge in [0.15, 0.2) is 11.5 Å². The van der Waals surface area contributed by atoms with Crippen molar-refractivity contribution in [1.29, 1.82) is 0 Å². The molecule has 0 radical (unpaired) electrons. The topological polar surface area (TPSA) is 103 Å². The highest BCUT2D eigenvalue weighted by Gasteiger charge is 2.22. The third kappa shape index (κ3) is 6.19. The van der Waals surface area contributed by atoms with E-state index in [1.54, 1.807) is 36.5 Å². The minimum atomic E-state index is -0.967. The number of nitrogens with zero attached hydrogens (tertiary/aromatic N) is 3. The second-order valence-corrected chi connectivity index (χ2v) is 10.9. The van der Waals surface area contributed by atoms with Gasteiger partial charge in [-0.15, -0.1) is 0 Å². The van der Waals surface area contributed by atoms with Crippen LogP contribution in [0.25, 0.3) is 10.9 Å². The van der Waals surface area contributed by atoms with Gasteiger partial charge >= 0.3 is 5.97 Å². The van der Waals surface area contributed by atoms with Crippen LogP contribution in [0.1, 0.15) is 72.3 Å². The summed E-state index contributed by atoms with van der Waals surface area (Å²) in [5.74, 6) is 1.10. The maximum Gasteiger partial charge on any atom is 0.335 e. The summed E-state index contributed by atoms with van der Waals surface area (Å²) < 4.78 is 14.3. The molecule has 1 aromatic heterocycles. The molecule has 0 amide bonds. The molecule has 3 aromatic carbocycles. The number of hydrogen-bond acceptors (Lipinski definition) is 6. The van der Waals surface area contributed by atoms with Crippen LogP contribution in [0, 0.1) is 3.57 Å². The Labute approximate surface area is 245 Å². The average Bonchev–Trinajstić information content (AvgIpc) is 2.97. The van der Waals surface area contributed by atoms with Crippen LogP contribution < -0.4 is 15.0 Å². The molecule has 0 saturated heterocycles. The second kappa shape index (κ2) is 12.6. The van der Waals surface area contributed by atoms with Crippen LogP contribution in [-0.2, 0) is 6.61 Å². The smallest absolute Gasteiger partial charge is 0.335 e. The molecule has 1 N–H and O–H groups in total. The Morgan fingerprint density at radius 2 is 1.85 bits per heavy atom. The molecule has 40 heavy (non-hydrogen) atoms. The van der Waals surface area contributed by atoms with Gasteiger partial charge in [0, 0.05) is 5.92 Å². The fourth-order valence-electron chi connectivity index (χ4n) is 4.97. The minimum Gasteiger partial charge on any atom is -0.490 e. The van der Waals surface area contributed by atoms with E-state index in [1.165, 1.54) is 11.1 Å². The summed E-state index contributed by atoms with van der Waals surface area (Å²) in [6.45, 7) is 2.60. The lowest BCUT2D eigenvalue weighted by Gasteiger charge is -2.22. The van der Waals surface area contributed by atoms with Crippen molar-refractivity contribution in [3.8, 4) is 11.5 Å². The zero-order valence-electron chi connectivity index (χ0n) is 22.2. The molecule has 8 nitrogen and oxygen atoms in total. The molecule has 0 unspecified atom stereocenters. The monoisotopic (exact) mass is 651 g/mol. The predicted octanol–water partition coefficient (Wildman–Crippen LogP) is 6.61. The lowest BCUT2D eigenvalue weighted by atomic mass is 9.88. The molecule has 1 saturated carbocycles. The Morgan fingerprint density at radius 1 is 1.10 bits per heavy atom. The van der Waals surface area contributed by atoms with Gasteiger partial charge in [0.25, 0.3) is 5.56 Å². The zero-order valence-corrected chi connectivity index (χ0v) is 24.3. The van der Waals surface area contributed by atoms with E-state index in [0.29, 0.717) is 34.8 Å². The molecular formula is C31H30IN3O5. The summed E-state index contributed by atoms with van der Waals surface area (Å²) in [7, 11) is 0. The molecule has 1 heterocycles. The van der Waals surface area contributed by atoms with Crippen molar-refractivity contribution in [3.05, 3.63) is 97.1 Å². The number of rotatable bonds is 9. The van der Waals surface area contributed by atoms with Gasteiger partial charge < -0.3 is 14.6 Å². The van der Waals surface area contributed by atoms with Gasteiger partial charge in [-0.05, 0) is 89.9 Å². The van der Waals surface area contributed by atoms with Gasteiger partial charge in [0.1, 0.15) is 12.4 Å². The fourth-order valence-corrected chi connectivity index (χ4v) is 5.75. The third-order valence-electron chi connectivity index (χ3n) is 6.99. The third-order valence-corrected chi connectivity index (χ3v) is 7.79. The maximum absolute atomic E-state index is 13.5. The number of ether oxygens (including phenoxy) is 2. The molecule has 206 valence electrons. The van der Waals surface area contributed by atoms with Gasteiger partial charge in [0.05, 0.1) is 32.9 Å². The first-order chi connectivity index (χ1) is 19.4. The summed E-state index contributed by atoms with van der Waals surface area (Å²) >= 11 is 2.20. The van der Waals surface area contributed by atoms with Crippen LogP contribution in [0.3, 0.4) is 0 Å². The van der Waals surface area contributed by atoms with Crippen molar-refractivity contribution in [3.63, 3.8) is 0 Å². The maximum atomic E-state index is 13.5. The highest BCUT2D eigenvalue weighted by Crippen LogP contribution is 2.35. The standard InChI is InChI=1S/C31H30IN3O5/c1-2-39-27-17-21(16-25(32)28(27)40-19-20-12-14-23(15-13-20)31(37)38)18-33-35-29(22-8-4-3-5-9-22)34-26-11-7-6-10-24(26)30(35)36/h6-7,10-18,22H,2-5,8-9,19H2,1H3,(H,37,38). The van der Waals surface area contributed by atoms with E-state index in [4.69, 9.17) is 19.6 Å². The fraction of sp³-hybridized carbons (Fsp3) is 0.290. The summed E-state index contributed by atoms with van der Waals surface area (Å²) in [6, 6.07) is 17.8. The number of para-hydroxylation sites is 1. The van der Waals surface area contributed by atoms with Gasteiger partial charge in [-0.2, -0.15) is 9.78 Å². The highest BCUT2D eigenvalue weighted by molar-refractivity contribution is 14.1. The molecule has 1 aliphatic rings. The van der Waals surface area contributed by atoms with E-state index in [0.717, 1.165) is 40.4 Å². The number of aromatic nitrogens is 2. The molecule has 0 atom stereocenters. The van der Waals surface area contributed by atoms with E-state index in [-0.39, 0.29) is 23.6 Å². The summed E-state index contributed by atoms with van der Waals surface area (Å²) in [5, 5.41) is 14.3. The molecule has 5 rings (SSSR count). The van der Waals surface area contributed by atoms with Crippen molar-refractivity contribution in [2.24, 2.45) is 5.10 Å². The lowest BCUT2D eigenvalue weighted by Crippen LogP contribution is -2.25. The summed E-state index contributed by atoms with van der Waals surface area (Å²) in [5.41, 5.74) is 2.36. The first-order valence-electron chi connectivity index (χ1n) is 13.4. The highest BCUT2D eigenvalue weighted by atomic mass is 127. The number of fused-ring (bicyclic) bond motifs is 1. The van der Waals surface area contributed by atoms with E-state index in [1.807, 2.05) is 37.3 Å². The Balaban J connectivity index is 1.46. The van der Waals surface area contributed by atoms with Crippen LogP contribution >= 0.6 is 22.6 Å². The number of carboxylic acids is 1. The molecule has 0 spiro atoms. The molecule has 9 heteroatoms. The van der Waals surface area contributed by atoms with Crippen molar-refractivity contribution in [2.45, 2.75) is 51.6 Å². The van der Waals surface area contributed by atoms with Gasteiger partial charge in [-0.1, -0.05) is 43.5 Å². The number of benzene rings is 3. The van der Waals surface area contributed by atoms with E-state index < -0.39 is 5.97 Å². The number of carbonyl (C=O) groups is 1. The SMILES string of the molecule is CCOc1cc(C=Nn2c(C3CCCCC3)nc3ccccc3c2=O)cc(I)c1OCc1ccc(C(=O)O)cc1. The minimum absolute atomic E-state index is 0.170. The number of hydrogen-bond donors (Lipinski definition) is 1. The van der Waals surface area contributed by atoms with Crippen molar-refractivity contribution in [1.82, 2.24) is 9.66 Å². The van der Waals surface area contributed by atoms with Gasteiger partial charge in [-0.25, -0.2) is 9.78 Å². The summed E-state index contributed by atoms with van der Waals surface area (Å²) in [6.07, 6.45) is 7.12. The Kier molecular flexibility index (Phi) is 8.78. The van der Waals surface area contributed by atoms with Gasteiger partial charge in [-0.3, -0.25) is 4.79 Å². The van der Waals surface area contributed by atoms with Crippen LogP contribution in [0.5, 0.6) is 11.5 Å². The van der Waals surface area contributed by atoms with E-state index >= 15 is 0 Å². The molecule has 1 aliphatic carbocycles. The zero-order chi connectivity index (χ0) is 28.1. The number of halogens is 1. The van der Waals surface area contributed by atoms with Crippen LogP contribution in [-0.4, -0.2) is 33.6 Å². The van der Waals surface area contributed by atoms with Crippen molar-refractivity contribution >= 4 is 45.7 Å². The lowest BCUT2D eigenvalue weighted by molar-refractivity contribution is 0.0697. The largest absolute Gasteiger partial charge is 0.490 e. The second-order valence-electron chi connectivity index (χ2n) is 9.74. The number of carboxylic acid groups (broad SMARTS) is 1. The molecule has 0 bridgehead atoms. The summed E-state index contributed by atoms with van der Waals surface area (Å²) in [4.78, 5) is 29.5. The van der Waals surface area contributed by atoms with Crippen LogP contribution in [0.15, 0.2) is 70.6 Å². The van der Waals surface area contributed by atoms with E-state index in [9.17, 15) is 9.59 Å². The van der Waals surface area contributed by atoms with Crippen LogP contribution in [0.2, 0.25) is 0 Å². The average molecular weight is 652 g/mol. The normalized spacial score (nSPS) is 14.1. The molecular weight excluding hydrogens is 621 g/mol. The molecule has 1 fully saturated rings. The molecule has 4 aromatic rings. The predicted molar refractivity (Wildman–Crippen MR) is 163 cm³/mol. The van der Waals surface area contributed by atoms with Gasteiger partial charge in [0.2, 0.25) is 0 Å². The Morgan fingerprint density at radius 3 is 2.58 bits per heavy atom. The first kappa shape index (κ1) is 27.8. The Hall–Kier alpha value is -3.73. The quantitative estimate of drug-likeness (QED) is 0.162. The molecule has 0 aliphatic heterocycles. The number of aromatic carboxylic acids is 1. The van der Waals surface area contributed by atoms with Crippen LogP contribution in [0.4, 0.5) is 0 Å². The van der Waals surface area contributed by atoms with Crippen molar-refractivity contribution < 1.29 is 19.4 Å². The van der Waals surface area contributed by atoms with E-state index in [2.05, 4.69) is 27.7 Å². The first-order valence-corrected chi connectivity index (χ1v) is 14.5. The Bertz CT molecular complexity index is 1610.